The molecule has 12 heavy (non-hydrogen) atoms. The average Bonchev–Trinajstić information content (AvgIpc) is 2.03. The SMILES string of the molecule is CC(c1ccnc(Br)c1)N(C)Cl. The summed E-state index contributed by atoms with van der Waals surface area (Å²) in [5.41, 5.74) is 1.15. The molecule has 0 aromatic carbocycles. The Labute approximate surface area is 85.8 Å². The molecule has 0 bridgehead atoms. The van der Waals surface area contributed by atoms with E-state index in [4.69, 9.17) is 11.8 Å². The van der Waals surface area contributed by atoms with Gasteiger partial charge in [-0.05, 0) is 52.3 Å². The van der Waals surface area contributed by atoms with Crippen LogP contribution < -0.4 is 0 Å². The summed E-state index contributed by atoms with van der Waals surface area (Å²) < 4.78 is 2.48. The monoisotopic (exact) mass is 248 g/mol. The Kier molecular flexibility index (Phi) is 3.50. The maximum absolute atomic E-state index is 5.81. The van der Waals surface area contributed by atoms with Crippen molar-refractivity contribution < 1.29 is 0 Å². The van der Waals surface area contributed by atoms with Crippen molar-refractivity contribution in [2.75, 3.05) is 7.05 Å². The van der Waals surface area contributed by atoms with Gasteiger partial charge in [0.25, 0.3) is 0 Å². The maximum atomic E-state index is 5.81. The van der Waals surface area contributed by atoms with E-state index in [1.807, 2.05) is 26.1 Å². The van der Waals surface area contributed by atoms with Gasteiger partial charge in [0.2, 0.25) is 0 Å². The quantitative estimate of drug-likeness (QED) is 0.592. The van der Waals surface area contributed by atoms with Gasteiger partial charge in [0, 0.05) is 19.3 Å². The van der Waals surface area contributed by atoms with E-state index >= 15 is 0 Å². The molecule has 4 heteroatoms. The minimum Gasteiger partial charge on any atom is -0.249 e. The molecule has 0 aliphatic heterocycles. The van der Waals surface area contributed by atoms with Gasteiger partial charge in [0.05, 0.1) is 0 Å². The molecule has 0 amide bonds. The Morgan fingerprint density at radius 1 is 1.67 bits per heavy atom. The van der Waals surface area contributed by atoms with Crippen LogP contribution in [0.15, 0.2) is 22.9 Å². The molecule has 1 aromatic heterocycles. The standard InChI is InChI=1S/C8H10BrClN2/c1-6(12(2)10)7-3-4-11-8(9)5-7/h3-6H,1-2H3. The normalized spacial score (nSPS) is 13.4. The summed E-state index contributed by atoms with van der Waals surface area (Å²) in [5.74, 6) is 0. The van der Waals surface area contributed by atoms with E-state index in [0.29, 0.717) is 0 Å². The second kappa shape index (κ2) is 4.21. The highest BCUT2D eigenvalue weighted by Crippen LogP contribution is 2.21. The van der Waals surface area contributed by atoms with Gasteiger partial charge in [0.15, 0.2) is 0 Å². The van der Waals surface area contributed by atoms with Crippen molar-refractivity contribution in [3.63, 3.8) is 0 Å². The van der Waals surface area contributed by atoms with Crippen LogP contribution in [0.25, 0.3) is 0 Å². The van der Waals surface area contributed by atoms with Crippen LogP contribution in [0.2, 0.25) is 0 Å². The lowest BCUT2D eigenvalue weighted by molar-refractivity contribution is 0.437. The zero-order valence-corrected chi connectivity index (χ0v) is 9.30. The smallest absolute Gasteiger partial charge is 0.106 e. The van der Waals surface area contributed by atoms with Crippen molar-refractivity contribution in [3.05, 3.63) is 28.5 Å². The predicted octanol–water partition coefficient (Wildman–Crippen LogP) is 2.99. The Morgan fingerprint density at radius 3 is 2.83 bits per heavy atom. The minimum absolute atomic E-state index is 0.200. The van der Waals surface area contributed by atoms with Crippen molar-refractivity contribution in [3.8, 4) is 0 Å². The predicted molar refractivity (Wildman–Crippen MR) is 54.0 cm³/mol. The number of halogens is 2. The first-order chi connectivity index (χ1) is 5.61. The zero-order chi connectivity index (χ0) is 9.14. The fourth-order valence-electron chi connectivity index (χ4n) is 0.883. The van der Waals surface area contributed by atoms with Crippen LogP contribution >= 0.6 is 27.7 Å². The Morgan fingerprint density at radius 2 is 2.33 bits per heavy atom. The largest absolute Gasteiger partial charge is 0.249 e. The van der Waals surface area contributed by atoms with Crippen LogP contribution in [0.5, 0.6) is 0 Å². The highest BCUT2D eigenvalue weighted by Gasteiger charge is 2.08. The second-order valence-corrected chi connectivity index (χ2v) is 3.96. The van der Waals surface area contributed by atoms with Crippen molar-refractivity contribution in [1.29, 1.82) is 0 Å². The minimum atomic E-state index is 0.200. The van der Waals surface area contributed by atoms with Crippen LogP contribution in [0.4, 0.5) is 0 Å². The molecule has 1 rings (SSSR count). The molecule has 0 saturated heterocycles. The summed E-state index contributed by atoms with van der Waals surface area (Å²) in [5, 5.41) is 0. The molecule has 0 saturated carbocycles. The van der Waals surface area contributed by atoms with Crippen molar-refractivity contribution in [2.24, 2.45) is 0 Å². The Hall–Kier alpha value is -0.120. The molecule has 0 spiro atoms. The first-order valence-corrected chi connectivity index (χ1v) is 4.74. The fourth-order valence-corrected chi connectivity index (χ4v) is 1.38. The first kappa shape index (κ1) is 9.96. The van der Waals surface area contributed by atoms with Crippen LogP contribution in [0, 0.1) is 0 Å². The molecular weight excluding hydrogens is 239 g/mol. The number of hydrogen-bond donors (Lipinski definition) is 0. The van der Waals surface area contributed by atoms with Crippen molar-refractivity contribution in [1.82, 2.24) is 9.40 Å². The lowest BCUT2D eigenvalue weighted by Gasteiger charge is -2.16. The molecule has 2 nitrogen and oxygen atoms in total. The number of nitrogens with zero attached hydrogens (tertiary/aromatic N) is 2. The topological polar surface area (TPSA) is 16.1 Å². The fraction of sp³-hybridized carbons (Fsp3) is 0.375. The van der Waals surface area contributed by atoms with Crippen LogP contribution in [-0.2, 0) is 0 Å². The third-order valence-corrected chi connectivity index (χ3v) is 2.49. The molecule has 0 N–H and O–H groups in total. The van der Waals surface area contributed by atoms with Gasteiger partial charge in [0.1, 0.15) is 4.60 Å². The van der Waals surface area contributed by atoms with Gasteiger partial charge >= 0.3 is 0 Å². The van der Waals surface area contributed by atoms with Gasteiger partial charge in [-0.3, -0.25) is 0 Å². The third-order valence-electron chi connectivity index (χ3n) is 1.77. The van der Waals surface area contributed by atoms with Gasteiger partial charge in [-0.25, -0.2) is 9.40 Å². The molecule has 0 aliphatic rings. The lowest BCUT2D eigenvalue weighted by atomic mass is 10.1. The Bertz CT molecular complexity index is 265. The second-order valence-electron chi connectivity index (χ2n) is 2.61. The zero-order valence-electron chi connectivity index (χ0n) is 6.96. The number of rotatable bonds is 2. The maximum Gasteiger partial charge on any atom is 0.106 e. The van der Waals surface area contributed by atoms with Crippen LogP contribution in [0.1, 0.15) is 18.5 Å². The molecule has 1 aromatic rings. The van der Waals surface area contributed by atoms with Crippen LogP contribution in [-0.4, -0.2) is 16.5 Å². The van der Waals surface area contributed by atoms with Gasteiger partial charge in [-0.2, -0.15) is 0 Å². The number of pyridine rings is 1. The summed E-state index contributed by atoms with van der Waals surface area (Å²) in [6.07, 6.45) is 1.76. The van der Waals surface area contributed by atoms with E-state index in [-0.39, 0.29) is 6.04 Å². The van der Waals surface area contributed by atoms with Gasteiger partial charge < -0.3 is 0 Å². The molecule has 1 unspecified atom stereocenters. The molecule has 0 fully saturated rings. The molecule has 1 heterocycles. The van der Waals surface area contributed by atoms with Gasteiger partial charge in [-0.15, -0.1) is 0 Å². The van der Waals surface area contributed by atoms with Crippen molar-refractivity contribution in [2.45, 2.75) is 13.0 Å². The van der Waals surface area contributed by atoms with E-state index < -0.39 is 0 Å². The summed E-state index contributed by atoms with van der Waals surface area (Å²) in [4.78, 5) is 4.04. The van der Waals surface area contributed by atoms with E-state index in [1.165, 1.54) is 0 Å². The Balaban J connectivity index is 2.88. The van der Waals surface area contributed by atoms with E-state index in [9.17, 15) is 0 Å². The highest BCUT2D eigenvalue weighted by atomic mass is 79.9. The molecule has 0 radical (unpaired) electrons. The van der Waals surface area contributed by atoms with Crippen molar-refractivity contribution >= 4 is 27.7 Å². The molecule has 1 atom stereocenters. The summed E-state index contributed by atoms with van der Waals surface area (Å²) in [6.45, 7) is 2.04. The molecule has 66 valence electrons. The summed E-state index contributed by atoms with van der Waals surface area (Å²) >= 11 is 9.12. The van der Waals surface area contributed by atoms with Gasteiger partial charge in [-0.1, -0.05) is 0 Å². The third kappa shape index (κ3) is 2.44. The molecule has 0 aliphatic carbocycles. The van der Waals surface area contributed by atoms with E-state index in [0.717, 1.165) is 10.2 Å². The van der Waals surface area contributed by atoms with E-state index in [2.05, 4.69) is 20.9 Å². The number of hydrogen-bond acceptors (Lipinski definition) is 2. The van der Waals surface area contributed by atoms with Crippen LogP contribution in [0.3, 0.4) is 0 Å². The first-order valence-electron chi connectivity index (χ1n) is 3.61. The highest BCUT2D eigenvalue weighted by molar-refractivity contribution is 9.10. The average molecular weight is 250 g/mol. The molecular formula is C8H10BrClN2. The lowest BCUT2D eigenvalue weighted by Crippen LogP contribution is -2.10. The number of aromatic nitrogens is 1. The summed E-state index contributed by atoms with van der Waals surface area (Å²) in [6, 6.07) is 4.11. The van der Waals surface area contributed by atoms with E-state index in [1.54, 1.807) is 10.6 Å². The summed E-state index contributed by atoms with van der Waals surface area (Å²) in [7, 11) is 1.83.